The molecule has 1 heterocycles. The van der Waals surface area contributed by atoms with Crippen LogP contribution < -0.4 is 16.0 Å². The molecule has 7 atom stereocenters. The lowest BCUT2D eigenvalue weighted by Gasteiger charge is -2.43. The van der Waals surface area contributed by atoms with Crippen molar-refractivity contribution in [1.82, 2.24) is 10.6 Å². The van der Waals surface area contributed by atoms with E-state index in [1.807, 2.05) is 48.5 Å². The number of aliphatic hydroxyl groups excluding tert-OH is 1. The van der Waals surface area contributed by atoms with Gasteiger partial charge >= 0.3 is 30.0 Å². The van der Waals surface area contributed by atoms with Crippen molar-refractivity contribution in [2.45, 2.75) is 110 Å². The number of rotatable bonds is 16. The van der Waals surface area contributed by atoms with Crippen molar-refractivity contribution in [3.8, 4) is 11.1 Å². The van der Waals surface area contributed by atoms with Gasteiger partial charge in [0, 0.05) is 32.4 Å². The number of aliphatic hydroxyl groups is 1. The maximum Gasteiger partial charge on any atom is 0.407 e. The monoisotopic (exact) mass is 859 g/mol. The van der Waals surface area contributed by atoms with Crippen molar-refractivity contribution in [2.75, 3.05) is 19.0 Å². The molecule has 1 aliphatic carbocycles. The van der Waals surface area contributed by atoms with Crippen LogP contribution in [0.1, 0.15) is 76.1 Å². The van der Waals surface area contributed by atoms with Crippen LogP contribution in [0.5, 0.6) is 0 Å². The summed E-state index contributed by atoms with van der Waals surface area (Å²) >= 11 is 0. The van der Waals surface area contributed by atoms with Crippen LogP contribution in [0, 0.1) is 5.92 Å². The lowest BCUT2D eigenvalue weighted by atomic mass is 9.90. The number of hydrogen-bond donors (Lipinski definition) is 4. The van der Waals surface area contributed by atoms with Crippen LogP contribution in [0.3, 0.4) is 0 Å². The van der Waals surface area contributed by atoms with Crippen LogP contribution in [0.2, 0.25) is 0 Å². The molecule has 0 saturated carbocycles. The molecule has 1 saturated heterocycles. The number of methoxy groups -OCH3 is 1. The first kappa shape index (κ1) is 46.7. The van der Waals surface area contributed by atoms with E-state index in [1.54, 1.807) is 32.0 Å². The van der Waals surface area contributed by atoms with Crippen molar-refractivity contribution in [2.24, 2.45) is 5.92 Å². The van der Waals surface area contributed by atoms with Crippen LogP contribution in [0.15, 0.2) is 66.7 Å². The standard InChI is InChI=1S/C45H53N3O14/c1-23(2)37(48-45(56)58-22-35-33-14-10-8-12-31(33)32-13-9-11-15-34(32)35)43(54)46-24(3)42(53)47-30-18-16-29(21-49)28(20-30)17-19-36-38(59-25(4)50)39(60-26(5)51)40(61-27(6)52)41(62-36)44(55)57-7/h8-16,18,20,23-24,35-41,49H,17,19,21-22H2,1-7H3,(H,46,54)(H,47,53)(H,48,56)/t24-,36-,37-,38-,39+,40-,41?/m0/s1. The van der Waals surface area contributed by atoms with Crippen molar-refractivity contribution >= 4 is 47.5 Å². The first-order valence-electron chi connectivity index (χ1n) is 20.2. The molecular formula is C45H53N3O14. The molecule has 0 radical (unpaired) electrons. The van der Waals surface area contributed by atoms with Crippen molar-refractivity contribution < 1.29 is 67.1 Å². The number of ether oxygens (including phenoxy) is 6. The number of carbonyl (C=O) groups is 7. The molecule has 5 rings (SSSR count). The van der Waals surface area contributed by atoms with Gasteiger partial charge in [0.25, 0.3) is 0 Å². The van der Waals surface area contributed by atoms with Gasteiger partial charge in [-0.2, -0.15) is 0 Å². The zero-order valence-corrected chi connectivity index (χ0v) is 35.6. The fourth-order valence-electron chi connectivity index (χ4n) is 7.74. The number of benzene rings is 3. The molecule has 1 fully saturated rings. The summed E-state index contributed by atoms with van der Waals surface area (Å²) in [5.74, 6) is -5.07. The molecule has 0 aromatic heterocycles. The van der Waals surface area contributed by atoms with Gasteiger partial charge in [-0.1, -0.05) is 68.4 Å². The van der Waals surface area contributed by atoms with Crippen molar-refractivity contribution in [1.29, 1.82) is 0 Å². The zero-order valence-electron chi connectivity index (χ0n) is 35.6. The summed E-state index contributed by atoms with van der Waals surface area (Å²) in [6.07, 6.45) is -7.63. The van der Waals surface area contributed by atoms with Gasteiger partial charge in [-0.05, 0) is 71.2 Å². The predicted molar refractivity (Wildman–Crippen MR) is 221 cm³/mol. The molecule has 0 bridgehead atoms. The fourth-order valence-corrected chi connectivity index (χ4v) is 7.74. The highest BCUT2D eigenvalue weighted by molar-refractivity contribution is 5.98. The Kier molecular flexibility index (Phi) is 15.8. The van der Waals surface area contributed by atoms with Crippen molar-refractivity contribution in [3.63, 3.8) is 0 Å². The number of amides is 3. The number of hydrogen-bond acceptors (Lipinski definition) is 14. The third-order valence-corrected chi connectivity index (χ3v) is 10.6. The minimum atomic E-state index is -1.56. The van der Waals surface area contributed by atoms with Gasteiger partial charge in [0.1, 0.15) is 18.7 Å². The number of esters is 4. The smallest absolute Gasteiger partial charge is 0.407 e. The molecule has 3 aromatic rings. The van der Waals surface area contributed by atoms with Crippen LogP contribution in [0.25, 0.3) is 11.1 Å². The van der Waals surface area contributed by atoms with Gasteiger partial charge in [-0.25, -0.2) is 9.59 Å². The van der Waals surface area contributed by atoms with Crippen LogP contribution >= 0.6 is 0 Å². The highest BCUT2D eigenvalue weighted by atomic mass is 16.7. The van der Waals surface area contributed by atoms with Gasteiger partial charge in [-0.3, -0.25) is 24.0 Å². The second-order valence-corrected chi connectivity index (χ2v) is 15.4. The Bertz CT molecular complexity index is 2110. The minimum Gasteiger partial charge on any atom is -0.467 e. The highest BCUT2D eigenvalue weighted by Crippen LogP contribution is 2.44. The van der Waals surface area contributed by atoms with E-state index in [9.17, 15) is 38.7 Å². The summed E-state index contributed by atoms with van der Waals surface area (Å²) in [6, 6.07) is 18.5. The third kappa shape index (κ3) is 11.3. The third-order valence-electron chi connectivity index (χ3n) is 10.6. The topological polar surface area (TPSA) is 231 Å². The molecule has 0 spiro atoms. The molecule has 332 valence electrons. The molecule has 17 heteroatoms. The summed E-state index contributed by atoms with van der Waals surface area (Å²) in [4.78, 5) is 89.3. The summed E-state index contributed by atoms with van der Waals surface area (Å²) < 4.78 is 32.9. The number of anilines is 1. The summed E-state index contributed by atoms with van der Waals surface area (Å²) in [6.45, 7) is 7.95. The number of alkyl carbamates (subject to hydrolysis) is 1. The summed E-state index contributed by atoms with van der Waals surface area (Å²) in [7, 11) is 1.09. The van der Waals surface area contributed by atoms with Gasteiger partial charge in [-0.15, -0.1) is 0 Å². The summed E-state index contributed by atoms with van der Waals surface area (Å²) in [5.41, 5.74) is 5.56. The van der Waals surface area contributed by atoms with E-state index in [0.717, 1.165) is 50.1 Å². The maximum atomic E-state index is 13.5. The Morgan fingerprint density at radius 3 is 1.87 bits per heavy atom. The SMILES string of the molecule is COC(=O)C1O[C@@H](CCc2cc(NC(=O)[C@H](C)NC(=O)[C@@H](NC(=O)OCC3c4ccccc4-c4ccccc43)C(C)C)ccc2CO)[C@H](OC(C)=O)[C@@H](OC(C)=O)[C@@H]1OC(C)=O. The molecule has 2 aliphatic rings. The second-order valence-electron chi connectivity index (χ2n) is 15.4. The number of fused-ring (bicyclic) bond motifs is 3. The molecule has 1 unspecified atom stereocenters. The summed E-state index contributed by atoms with van der Waals surface area (Å²) in [5, 5.41) is 18.2. The zero-order chi connectivity index (χ0) is 45.2. The Balaban J connectivity index is 1.23. The Morgan fingerprint density at radius 2 is 1.31 bits per heavy atom. The molecule has 17 nitrogen and oxygen atoms in total. The van der Waals surface area contributed by atoms with E-state index in [0.29, 0.717) is 16.8 Å². The highest BCUT2D eigenvalue weighted by Gasteiger charge is 2.54. The van der Waals surface area contributed by atoms with E-state index in [2.05, 4.69) is 16.0 Å². The largest absolute Gasteiger partial charge is 0.467 e. The Morgan fingerprint density at radius 1 is 0.726 bits per heavy atom. The average Bonchev–Trinajstić information content (AvgIpc) is 3.55. The van der Waals surface area contributed by atoms with Crippen LogP contribution in [-0.2, 0) is 70.2 Å². The first-order valence-corrected chi connectivity index (χ1v) is 20.2. The van der Waals surface area contributed by atoms with E-state index in [4.69, 9.17) is 28.4 Å². The van der Waals surface area contributed by atoms with Crippen LogP contribution in [0.4, 0.5) is 10.5 Å². The lowest BCUT2D eigenvalue weighted by Crippen LogP contribution is -2.63. The minimum absolute atomic E-state index is 0.0140. The molecule has 4 N–H and O–H groups in total. The molecule has 62 heavy (non-hydrogen) atoms. The van der Waals surface area contributed by atoms with E-state index in [-0.39, 0.29) is 31.3 Å². The van der Waals surface area contributed by atoms with E-state index >= 15 is 0 Å². The van der Waals surface area contributed by atoms with Crippen molar-refractivity contribution in [3.05, 3.63) is 89.0 Å². The average molecular weight is 860 g/mol. The first-order chi connectivity index (χ1) is 29.5. The predicted octanol–water partition coefficient (Wildman–Crippen LogP) is 3.85. The normalized spacial score (nSPS) is 20.0. The van der Waals surface area contributed by atoms with E-state index < -0.39 is 91.0 Å². The van der Waals surface area contributed by atoms with Gasteiger partial charge in [0.05, 0.1) is 19.8 Å². The number of carbonyl (C=O) groups excluding carboxylic acids is 7. The quantitative estimate of drug-likeness (QED) is 0.119. The molecule has 1 aliphatic heterocycles. The van der Waals surface area contributed by atoms with Gasteiger partial charge < -0.3 is 49.5 Å². The Hall–Kier alpha value is -6.33. The molecule has 3 amide bonds. The Labute approximate surface area is 359 Å². The molecule has 3 aromatic carbocycles. The van der Waals surface area contributed by atoms with E-state index in [1.165, 1.54) is 6.92 Å². The second kappa shape index (κ2) is 21.0. The van der Waals surface area contributed by atoms with Gasteiger partial charge in [0.15, 0.2) is 24.4 Å². The van der Waals surface area contributed by atoms with Gasteiger partial charge in [0.2, 0.25) is 11.8 Å². The fraction of sp³-hybridized carbons (Fsp3) is 0.444. The number of aryl methyl sites for hydroxylation is 1. The number of nitrogens with one attached hydrogen (secondary N) is 3. The lowest BCUT2D eigenvalue weighted by molar-refractivity contribution is -0.249. The van der Waals surface area contributed by atoms with Crippen LogP contribution in [-0.4, -0.2) is 103 Å². The maximum absolute atomic E-state index is 13.5. The molecular weight excluding hydrogens is 807 g/mol.